The molecule has 6 aromatic rings. The van der Waals surface area contributed by atoms with Gasteiger partial charge in [0.05, 0.1) is 38.8 Å². The third kappa shape index (κ3) is 5.81. The van der Waals surface area contributed by atoms with Crippen molar-refractivity contribution in [3.63, 3.8) is 0 Å². The Hall–Kier alpha value is -6.52. The van der Waals surface area contributed by atoms with Crippen LogP contribution in [0.3, 0.4) is 0 Å². The third-order valence-corrected chi connectivity index (χ3v) is 11.7. The van der Waals surface area contributed by atoms with E-state index >= 15 is 0 Å². The predicted octanol–water partition coefficient (Wildman–Crippen LogP) is 4.58. The van der Waals surface area contributed by atoms with Crippen molar-refractivity contribution in [3.05, 3.63) is 97.8 Å². The number of ether oxygens (including phenoxy) is 2. The summed E-state index contributed by atoms with van der Waals surface area (Å²) < 4.78 is 15.1. The second-order valence-corrected chi connectivity index (χ2v) is 14.6. The van der Waals surface area contributed by atoms with Gasteiger partial charge in [-0.15, -0.1) is 0 Å². The van der Waals surface area contributed by atoms with E-state index in [1.54, 1.807) is 48.7 Å². The summed E-state index contributed by atoms with van der Waals surface area (Å²) in [5.74, 6) is 4.17. The first kappa shape index (κ1) is 37.1. The molecule has 0 aliphatic carbocycles. The molecule has 4 aliphatic heterocycles. The number of anilines is 4. The highest BCUT2D eigenvalue weighted by Gasteiger charge is 2.53. The Morgan fingerprint density at radius 2 is 1.02 bits per heavy atom. The Balaban J connectivity index is 0.000000150. The third-order valence-electron chi connectivity index (χ3n) is 11.7. The number of morpholine rings is 2. The maximum atomic E-state index is 13.2. The van der Waals surface area contributed by atoms with Crippen molar-refractivity contribution < 1.29 is 19.1 Å². The van der Waals surface area contributed by atoms with Gasteiger partial charge in [0.1, 0.15) is 34.1 Å². The molecular formula is C42H44N12O4. The Kier molecular flexibility index (Phi) is 9.44. The zero-order chi connectivity index (χ0) is 40.0. The summed E-state index contributed by atoms with van der Waals surface area (Å²) in [6.45, 7) is 7.14. The number of nitrogens with zero attached hydrogens (tertiary/aromatic N) is 12. The van der Waals surface area contributed by atoms with Crippen LogP contribution in [0.1, 0.15) is 26.7 Å². The topological polar surface area (TPSA) is 153 Å². The van der Waals surface area contributed by atoms with E-state index in [-0.39, 0.29) is 11.8 Å². The van der Waals surface area contributed by atoms with Crippen LogP contribution < -0.4 is 19.6 Å². The van der Waals surface area contributed by atoms with Gasteiger partial charge in [-0.25, -0.2) is 19.9 Å². The second kappa shape index (κ2) is 14.8. The van der Waals surface area contributed by atoms with E-state index < -0.39 is 11.1 Å². The lowest BCUT2D eigenvalue weighted by molar-refractivity contribution is -0.129. The minimum absolute atomic E-state index is 0.0242. The highest BCUT2D eigenvalue weighted by Crippen LogP contribution is 2.43. The average Bonchev–Trinajstić information content (AvgIpc) is 3.99. The molecule has 8 heterocycles. The number of hydrogen-bond acceptors (Lipinski definition) is 12. The van der Waals surface area contributed by atoms with E-state index in [2.05, 4.69) is 29.7 Å². The van der Waals surface area contributed by atoms with Crippen molar-refractivity contribution in [2.24, 2.45) is 0 Å². The zero-order valence-corrected chi connectivity index (χ0v) is 32.9. The number of hydrogen-bond donors (Lipinski definition) is 0. The van der Waals surface area contributed by atoms with E-state index in [1.165, 1.54) is 0 Å². The summed E-state index contributed by atoms with van der Waals surface area (Å²) in [5.41, 5.74) is 1.96. The summed E-state index contributed by atoms with van der Waals surface area (Å²) in [4.78, 5) is 61.7. The van der Waals surface area contributed by atoms with Crippen molar-refractivity contribution in [2.75, 3.05) is 73.2 Å². The Labute approximate surface area is 335 Å². The fourth-order valence-electron chi connectivity index (χ4n) is 8.43. The predicted molar refractivity (Wildman–Crippen MR) is 218 cm³/mol. The molecule has 0 bridgehead atoms. The highest BCUT2D eigenvalue weighted by molar-refractivity contribution is 6.08. The normalized spacial score (nSPS) is 21.1. The van der Waals surface area contributed by atoms with E-state index in [0.717, 1.165) is 34.4 Å². The fraction of sp³-hybridized carbons (Fsp3) is 0.333. The lowest BCUT2D eigenvalue weighted by atomic mass is 9.89. The number of rotatable bonds is 6. The molecule has 0 saturated carbocycles. The molecule has 296 valence electrons. The summed E-state index contributed by atoms with van der Waals surface area (Å²) in [6.07, 6.45) is 11.9. The standard InChI is InChI=1S/2C21H22N6O2/c2*1-3-21-14-29-12-11-27(21)18-16(25(2)19(21)28)13-23-20(24-18)26-10-9-22-17(26)15-7-5-4-6-8-15/h2*4-10,13H,3,11-12,14H2,1-2H3/t2*21-/m10/s1. The number of carbonyl (C=O) groups excluding carboxylic acids is 2. The van der Waals surface area contributed by atoms with Gasteiger partial charge in [0, 0.05) is 63.1 Å². The molecule has 0 radical (unpaired) electrons. The van der Waals surface area contributed by atoms with Crippen LogP contribution in [0.15, 0.2) is 97.8 Å². The Morgan fingerprint density at radius 3 is 1.41 bits per heavy atom. The minimum atomic E-state index is -0.719. The monoisotopic (exact) mass is 780 g/mol. The molecule has 2 aromatic carbocycles. The first-order valence-electron chi connectivity index (χ1n) is 19.5. The molecule has 4 aromatic heterocycles. The van der Waals surface area contributed by atoms with Crippen molar-refractivity contribution in [1.82, 2.24) is 39.0 Å². The summed E-state index contributed by atoms with van der Waals surface area (Å²) in [7, 11) is 3.56. The molecule has 0 spiro atoms. The molecule has 0 N–H and O–H groups in total. The van der Waals surface area contributed by atoms with Crippen LogP contribution in [0, 0.1) is 0 Å². The van der Waals surface area contributed by atoms with E-state index in [0.29, 0.717) is 75.6 Å². The SMILES string of the molecule is CC[C@@]12COCCN1c1nc(-n3ccnc3-c3ccccc3)ncc1N(C)C2=O.CC[C@]12COCCN1c1nc(-n3ccnc3-c3ccccc3)ncc1N(C)C2=O. The van der Waals surface area contributed by atoms with Crippen LogP contribution in [0.5, 0.6) is 0 Å². The van der Waals surface area contributed by atoms with Crippen LogP contribution in [0.4, 0.5) is 23.0 Å². The average molecular weight is 781 g/mol. The number of benzene rings is 2. The second-order valence-electron chi connectivity index (χ2n) is 14.6. The lowest BCUT2D eigenvalue weighted by Gasteiger charge is -2.51. The van der Waals surface area contributed by atoms with Gasteiger partial charge < -0.3 is 29.1 Å². The largest absolute Gasteiger partial charge is 0.377 e. The zero-order valence-electron chi connectivity index (χ0n) is 32.9. The summed E-state index contributed by atoms with van der Waals surface area (Å²) >= 11 is 0. The van der Waals surface area contributed by atoms with Gasteiger partial charge >= 0.3 is 0 Å². The number of aromatic nitrogens is 8. The lowest BCUT2D eigenvalue weighted by Crippen LogP contribution is -2.68. The molecule has 2 atom stereocenters. The van der Waals surface area contributed by atoms with Gasteiger partial charge in [-0.05, 0) is 12.8 Å². The molecular weight excluding hydrogens is 737 g/mol. The van der Waals surface area contributed by atoms with Crippen LogP contribution in [-0.2, 0) is 19.1 Å². The van der Waals surface area contributed by atoms with Gasteiger partial charge in [0.25, 0.3) is 11.8 Å². The van der Waals surface area contributed by atoms with E-state index in [9.17, 15) is 9.59 Å². The molecule has 2 fully saturated rings. The summed E-state index contributed by atoms with van der Waals surface area (Å²) in [6, 6.07) is 19.9. The molecule has 10 rings (SSSR count). The smallest absolute Gasteiger partial charge is 0.255 e. The number of imidazole rings is 2. The molecule has 2 amide bonds. The first-order valence-corrected chi connectivity index (χ1v) is 19.5. The van der Waals surface area contributed by atoms with Gasteiger partial charge in [-0.2, -0.15) is 9.97 Å². The molecule has 0 unspecified atom stereocenters. The maximum absolute atomic E-state index is 13.2. The molecule has 4 aliphatic rings. The van der Waals surface area contributed by atoms with Crippen molar-refractivity contribution >= 4 is 34.8 Å². The van der Waals surface area contributed by atoms with E-state index in [1.807, 2.05) is 96.0 Å². The number of amides is 2. The quantitative estimate of drug-likeness (QED) is 0.233. The highest BCUT2D eigenvalue weighted by atomic mass is 16.5. The van der Waals surface area contributed by atoms with Gasteiger partial charge in [-0.1, -0.05) is 74.5 Å². The van der Waals surface area contributed by atoms with Crippen LogP contribution in [0.25, 0.3) is 34.7 Å². The van der Waals surface area contributed by atoms with Crippen molar-refractivity contribution in [3.8, 4) is 34.7 Å². The van der Waals surface area contributed by atoms with Crippen LogP contribution >= 0.6 is 0 Å². The Morgan fingerprint density at radius 1 is 0.603 bits per heavy atom. The van der Waals surface area contributed by atoms with Crippen LogP contribution in [-0.4, -0.2) is 116 Å². The number of carbonyl (C=O) groups is 2. The van der Waals surface area contributed by atoms with Crippen molar-refractivity contribution in [2.45, 2.75) is 37.8 Å². The van der Waals surface area contributed by atoms with Gasteiger partial charge in [0.15, 0.2) is 11.6 Å². The van der Waals surface area contributed by atoms with Gasteiger partial charge in [0.2, 0.25) is 11.9 Å². The molecule has 16 heteroatoms. The molecule has 2 saturated heterocycles. The fourth-order valence-corrected chi connectivity index (χ4v) is 8.43. The number of likely N-dealkylation sites (N-methyl/N-ethyl adjacent to an activating group) is 2. The first-order chi connectivity index (χ1) is 28.3. The summed E-state index contributed by atoms with van der Waals surface area (Å²) in [5, 5.41) is 0. The van der Waals surface area contributed by atoms with E-state index in [4.69, 9.17) is 19.4 Å². The molecule has 16 nitrogen and oxygen atoms in total. The number of fused-ring (bicyclic) bond motifs is 6. The van der Waals surface area contributed by atoms with Crippen LogP contribution in [0.2, 0.25) is 0 Å². The van der Waals surface area contributed by atoms with Crippen molar-refractivity contribution in [1.29, 1.82) is 0 Å². The van der Waals surface area contributed by atoms with Gasteiger partial charge in [-0.3, -0.25) is 18.7 Å². The maximum Gasteiger partial charge on any atom is 0.255 e. The molecule has 58 heavy (non-hydrogen) atoms. The Bertz CT molecular complexity index is 2300. The minimum Gasteiger partial charge on any atom is -0.377 e.